The second kappa shape index (κ2) is 10.0. The predicted octanol–water partition coefficient (Wildman–Crippen LogP) is -0.102. The first kappa shape index (κ1) is 19.2. The predicted molar refractivity (Wildman–Crippen MR) is 80.1 cm³/mol. The van der Waals surface area contributed by atoms with E-state index in [1.807, 2.05) is 0 Å². The lowest BCUT2D eigenvalue weighted by atomic mass is 9.94. The van der Waals surface area contributed by atoms with E-state index in [0.29, 0.717) is 25.0 Å². The van der Waals surface area contributed by atoms with E-state index in [1.54, 1.807) is 0 Å². The minimum atomic E-state index is 0. The highest BCUT2D eigenvalue weighted by atomic mass is 35.5. The van der Waals surface area contributed by atoms with Crippen LogP contribution in [0.3, 0.4) is 0 Å². The smallest absolute Gasteiger partial charge is 0.126 e. The molecule has 0 fully saturated rings. The molecular weight excluding hydrogens is 274 g/mol. The van der Waals surface area contributed by atoms with Gasteiger partial charge in [-0.2, -0.15) is 0 Å². The van der Waals surface area contributed by atoms with Crippen molar-refractivity contribution in [3.05, 3.63) is 29.3 Å². The molecule has 0 radical (unpaired) electrons. The van der Waals surface area contributed by atoms with Crippen molar-refractivity contribution >= 4 is 0 Å². The summed E-state index contributed by atoms with van der Waals surface area (Å²) < 4.78 is 5.99. The van der Waals surface area contributed by atoms with Gasteiger partial charge in [-0.25, -0.2) is 0 Å². The van der Waals surface area contributed by atoms with Gasteiger partial charge in [-0.05, 0) is 23.0 Å². The number of halogens is 1. The summed E-state index contributed by atoms with van der Waals surface area (Å²) in [6, 6.07) is 6.40. The summed E-state index contributed by atoms with van der Waals surface area (Å²) in [6.45, 7) is 10.9. The number of ether oxygens (including phenoxy) is 1. The molecule has 0 bridgehead atoms. The summed E-state index contributed by atoms with van der Waals surface area (Å²) in [5.74, 6) is 1.96. The number of hydrogen-bond acceptors (Lipinski definition) is 3. The molecule has 0 aromatic heterocycles. The van der Waals surface area contributed by atoms with Crippen molar-refractivity contribution < 1.29 is 22.3 Å². The van der Waals surface area contributed by atoms with Gasteiger partial charge in [-0.3, -0.25) is 0 Å². The second-order valence-corrected chi connectivity index (χ2v) is 5.40. The largest absolute Gasteiger partial charge is 1.00 e. The molecule has 4 heteroatoms. The van der Waals surface area contributed by atoms with Crippen molar-refractivity contribution in [1.82, 2.24) is 5.32 Å². The summed E-state index contributed by atoms with van der Waals surface area (Å²) in [5, 5.41) is 11.8. The molecule has 20 heavy (non-hydrogen) atoms. The summed E-state index contributed by atoms with van der Waals surface area (Å²) in [7, 11) is 0. The van der Waals surface area contributed by atoms with Crippen LogP contribution in [0.15, 0.2) is 18.2 Å². The normalized spacial score (nSPS) is 10.8. The topological polar surface area (TPSA) is 41.5 Å². The fraction of sp³-hybridized carbons (Fsp3) is 0.625. The van der Waals surface area contributed by atoms with Crippen molar-refractivity contribution in [1.29, 1.82) is 0 Å². The number of nitrogens with one attached hydrogen (secondary N) is 1. The molecule has 116 valence electrons. The van der Waals surface area contributed by atoms with E-state index in [2.05, 4.69) is 51.2 Å². The molecule has 0 aliphatic heterocycles. The number of aliphatic hydroxyl groups excluding tert-OH is 1. The maximum Gasteiger partial charge on any atom is 0.126 e. The lowest BCUT2D eigenvalue weighted by Gasteiger charge is -2.20. The van der Waals surface area contributed by atoms with Gasteiger partial charge < -0.3 is 27.6 Å². The number of rotatable bonds is 8. The minimum absolute atomic E-state index is 0. The Balaban J connectivity index is 0.00000361. The maximum atomic E-state index is 8.71. The van der Waals surface area contributed by atoms with Crippen LogP contribution in [-0.4, -0.2) is 31.4 Å². The minimum Gasteiger partial charge on any atom is -1.00 e. The molecule has 0 amide bonds. The maximum absolute atomic E-state index is 8.71. The van der Waals surface area contributed by atoms with Crippen LogP contribution >= 0.6 is 0 Å². The van der Waals surface area contributed by atoms with Crippen molar-refractivity contribution in [3.63, 3.8) is 0 Å². The molecule has 2 N–H and O–H groups in total. The van der Waals surface area contributed by atoms with E-state index in [0.717, 1.165) is 12.3 Å². The number of aliphatic hydroxyl groups is 1. The van der Waals surface area contributed by atoms with Crippen LogP contribution in [0.1, 0.15) is 50.7 Å². The molecule has 0 spiro atoms. The van der Waals surface area contributed by atoms with E-state index < -0.39 is 0 Å². The third kappa shape index (κ3) is 5.70. The van der Waals surface area contributed by atoms with E-state index >= 15 is 0 Å². The number of hydrogen-bond donors (Lipinski definition) is 2. The van der Waals surface area contributed by atoms with E-state index in [9.17, 15) is 0 Å². The monoisotopic (exact) mass is 300 g/mol. The van der Waals surface area contributed by atoms with Crippen molar-refractivity contribution in [2.75, 3.05) is 26.3 Å². The van der Waals surface area contributed by atoms with Gasteiger partial charge in [0.15, 0.2) is 0 Å². The van der Waals surface area contributed by atoms with Gasteiger partial charge in [-0.15, -0.1) is 0 Å². The van der Waals surface area contributed by atoms with Gasteiger partial charge in [-0.1, -0.05) is 45.9 Å². The van der Waals surface area contributed by atoms with Crippen LogP contribution < -0.4 is 22.5 Å². The Labute approximate surface area is 129 Å². The Hall–Kier alpha value is -0.770. The summed E-state index contributed by atoms with van der Waals surface area (Å²) in [6.07, 6.45) is 0. The molecule has 3 nitrogen and oxygen atoms in total. The zero-order valence-corrected chi connectivity index (χ0v) is 13.7. The average molecular weight is 301 g/mol. The van der Waals surface area contributed by atoms with E-state index in [4.69, 9.17) is 9.84 Å². The molecule has 0 atom stereocenters. The lowest BCUT2D eigenvalue weighted by Crippen LogP contribution is -3.00. The highest BCUT2D eigenvalue weighted by Gasteiger charge is 2.14. The fourth-order valence-electron chi connectivity index (χ4n) is 2.08. The van der Waals surface area contributed by atoms with Crippen LogP contribution in [0.2, 0.25) is 0 Å². The van der Waals surface area contributed by atoms with Crippen LogP contribution in [0, 0.1) is 0 Å². The number of benzene rings is 1. The van der Waals surface area contributed by atoms with Crippen molar-refractivity contribution in [3.8, 4) is 5.75 Å². The Kier molecular flexibility index (Phi) is 9.64. The van der Waals surface area contributed by atoms with Crippen molar-refractivity contribution in [2.24, 2.45) is 0 Å². The van der Waals surface area contributed by atoms with Gasteiger partial charge in [0.05, 0.1) is 6.61 Å². The van der Waals surface area contributed by atoms with E-state index in [-0.39, 0.29) is 19.0 Å². The summed E-state index contributed by atoms with van der Waals surface area (Å²) in [5.41, 5.74) is 2.54. The van der Waals surface area contributed by atoms with Gasteiger partial charge in [0, 0.05) is 13.1 Å². The van der Waals surface area contributed by atoms with E-state index in [1.165, 1.54) is 11.1 Å². The Bertz CT molecular complexity index is 354. The van der Waals surface area contributed by atoms with Gasteiger partial charge in [0.1, 0.15) is 12.4 Å². The Morgan fingerprint density at radius 3 is 2.05 bits per heavy atom. The zero-order valence-electron chi connectivity index (χ0n) is 12.9. The molecule has 0 aliphatic carbocycles. The third-order valence-electron chi connectivity index (χ3n) is 3.13. The van der Waals surface area contributed by atoms with Gasteiger partial charge in [0.25, 0.3) is 0 Å². The lowest BCUT2D eigenvalue weighted by molar-refractivity contribution is -0.00000580. The SMILES string of the molecule is CC(C)c1cccc(C(C)C)c1OCCNCCO.[Cl-]. The first-order chi connectivity index (χ1) is 9.07. The summed E-state index contributed by atoms with van der Waals surface area (Å²) >= 11 is 0. The Morgan fingerprint density at radius 1 is 1.05 bits per heavy atom. The molecular formula is C16H27ClNO2-. The highest BCUT2D eigenvalue weighted by molar-refractivity contribution is 5.44. The number of para-hydroxylation sites is 1. The average Bonchev–Trinajstić information content (AvgIpc) is 2.38. The van der Waals surface area contributed by atoms with Gasteiger partial charge in [0.2, 0.25) is 0 Å². The van der Waals surface area contributed by atoms with Crippen LogP contribution in [-0.2, 0) is 0 Å². The third-order valence-corrected chi connectivity index (χ3v) is 3.13. The molecule has 1 rings (SSSR count). The Morgan fingerprint density at radius 2 is 1.60 bits per heavy atom. The first-order valence-corrected chi connectivity index (χ1v) is 7.15. The fourth-order valence-corrected chi connectivity index (χ4v) is 2.08. The van der Waals surface area contributed by atoms with Crippen LogP contribution in [0.4, 0.5) is 0 Å². The van der Waals surface area contributed by atoms with Crippen molar-refractivity contribution in [2.45, 2.75) is 39.5 Å². The second-order valence-electron chi connectivity index (χ2n) is 5.40. The quantitative estimate of drug-likeness (QED) is 0.659. The zero-order chi connectivity index (χ0) is 14.3. The molecule has 0 aliphatic rings. The molecule has 0 unspecified atom stereocenters. The first-order valence-electron chi connectivity index (χ1n) is 7.15. The summed E-state index contributed by atoms with van der Waals surface area (Å²) in [4.78, 5) is 0. The molecule has 1 aromatic carbocycles. The van der Waals surface area contributed by atoms with Crippen LogP contribution in [0.5, 0.6) is 5.75 Å². The van der Waals surface area contributed by atoms with Gasteiger partial charge >= 0.3 is 0 Å². The molecule has 0 heterocycles. The molecule has 0 saturated carbocycles. The highest BCUT2D eigenvalue weighted by Crippen LogP contribution is 2.34. The van der Waals surface area contributed by atoms with Crippen LogP contribution in [0.25, 0.3) is 0 Å². The molecule has 0 saturated heterocycles. The standard InChI is InChI=1S/C16H27NO2.ClH/c1-12(2)14-6-5-7-15(13(3)4)16(14)19-11-9-17-8-10-18;/h5-7,12-13,17-18H,8-11H2,1-4H3;1H/p-1. The molecule has 1 aromatic rings.